The highest BCUT2D eigenvalue weighted by Crippen LogP contribution is 2.22. The number of carbonyl (C=O) groups is 1. The lowest BCUT2D eigenvalue weighted by atomic mass is 10.2. The van der Waals surface area contributed by atoms with Gasteiger partial charge in [-0.05, 0) is 23.8 Å². The van der Waals surface area contributed by atoms with E-state index in [9.17, 15) is 4.79 Å². The van der Waals surface area contributed by atoms with Crippen LogP contribution in [0.2, 0.25) is 10.0 Å². The highest BCUT2D eigenvalue weighted by atomic mass is 35.5. The van der Waals surface area contributed by atoms with Crippen LogP contribution in [-0.2, 0) is 11.3 Å². The summed E-state index contributed by atoms with van der Waals surface area (Å²) < 4.78 is 0. The molecule has 1 amide bonds. The largest absolute Gasteiger partial charge is 0.384 e. The monoisotopic (exact) mass is 336 g/mol. The average molecular weight is 337 g/mol. The summed E-state index contributed by atoms with van der Waals surface area (Å²) in [5, 5.41) is 4.30. The topological polar surface area (TPSA) is 32.3 Å². The van der Waals surface area contributed by atoms with Crippen LogP contribution < -0.4 is 5.32 Å². The van der Waals surface area contributed by atoms with E-state index < -0.39 is 0 Å². The van der Waals surface area contributed by atoms with E-state index in [-0.39, 0.29) is 5.91 Å². The molecule has 2 aromatic carbocycles. The van der Waals surface area contributed by atoms with Gasteiger partial charge >= 0.3 is 0 Å². The molecule has 0 aromatic heterocycles. The fourth-order valence-corrected chi connectivity index (χ4v) is 2.63. The molecule has 1 N–H and O–H groups in total. The number of benzene rings is 2. The molecule has 0 bridgehead atoms. The number of rotatable bonds is 6. The Labute approximate surface area is 140 Å². The molecule has 2 aromatic rings. The maximum absolute atomic E-state index is 12.1. The van der Waals surface area contributed by atoms with Crippen LogP contribution in [0, 0.1) is 0 Å². The van der Waals surface area contributed by atoms with Crippen molar-refractivity contribution in [2.75, 3.05) is 18.9 Å². The molecule has 2 rings (SSSR count). The molecular weight excluding hydrogens is 319 g/mol. The summed E-state index contributed by atoms with van der Waals surface area (Å²) in [6, 6.07) is 15.2. The van der Waals surface area contributed by atoms with E-state index in [1.807, 2.05) is 37.4 Å². The van der Waals surface area contributed by atoms with Gasteiger partial charge in [0.25, 0.3) is 0 Å². The number of nitrogens with one attached hydrogen (secondary N) is 1. The molecule has 116 valence electrons. The van der Waals surface area contributed by atoms with E-state index in [4.69, 9.17) is 23.2 Å². The third-order valence-corrected chi connectivity index (χ3v) is 3.66. The number of hydrogen-bond acceptors (Lipinski definition) is 2. The number of nitrogens with zero attached hydrogens (tertiary/aromatic N) is 1. The smallest absolute Gasteiger partial charge is 0.224 e. The van der Waals surface area contributed by atoms with Crippen LogP contribution >= 0.6 is 23.2 Å². The summed E-state index contributed by atoms with van der Waals surface area (Å²) >= 11 is 11.9. The maximum Gasteiger partial charge on any atom is 0.224 e. The van der Waals surface area contributed by atoms with Crippen LogP contribution in [0.15, 0.2) is 48.5 Å². The second kappa shape index (κ2) is 8.06. The first kappa shape index (κ1) is 16.7. The predicted octanol–water partition coefficient (Wildman–Crippen LogP) is 4.45. The second-order valence-corrected chi connectivity index (χ2v) is 5.94. The Morgan fingerprint density at radius 2 is 1.73 bits per heavy atom. The third-order valence-electron chi connectivity index (χ3n) is 3.22. The Morgan fingerprint density at radius 3 is 2.36 bits per heavy atom. The molecule has 0 fully saturated rings. The van der Waals surface area contributed by atoms with Crippen molar-refractivity contribution in [3.63, 3.8) is 0 Å². The lowest BCUT2D eigenvalue weighted by molar-refractivity contribution is -0.130. The number of hydrogen-bond donors (Lipinski definition) is 1. The summed E-state index contributed by atoms with van der Waals surface area (Å²) in [5.74, 6) is 0.0875. The SMILES string of the molecule is CN(Cc1ccccc1)C(=O)CCNc1cc(Cl)cc(Cl)c1. The standard InChI is InChI=1S/C17H18Cl2N2O/c1-21(12-13-5-3-2-4-6-13)17(22)7-8-20-16-10-14(18)9-15(19)11-16/h2-6,9-11,20H,7-8,12H2,1H3. The van der Waals surface area contributed by atoms with Crippen molar-refractivity contribution in [1.82, 2.24) is 4.90 Å². The van der Waals surface area contributed by atoms with E-state index in [2.05, 4.69) is 5.32 Å². The van der Waals surface area contributed by atoms with Crippen LogP contribution in [0.3, 0.4) is 0 Å². The highest BCUT2D eigenvalue weighted by Gasteiger charge is 2.09. The van der Waals surface area contributed by atoms with Gasteiger partial charge in [0.15, 0.2) is 0 Å². The van der Waals surface area contributed by atoms with Crippen molar-refractivity contribution < 1.29 is 4.79 Å². The fourth-order valence-electron chi connectivity index (χ4n) is 2.11. The lowest BCUT2D eigenvalue weighted by Crippen LogP contribution is -2.27. The molecule has 0 radical (unpaired) electrons. The van der Waals surface area contributed by atoms with E-state index in [1.165, 1.54) is 0 Å². The quantitative estimate of drug-likeness (QED) is 0.844. The Bertz CT molecular complexity index is 612. The van der Waals surface area contributed by atoms with Gasteiger partial charge in [0.1, 0.15) is 0 Å². The summed E-state index contributed by atoms with van der Waals surface area (Å²) in [6.07, 6.45) is 0.410. The van der Waals surface area contributed by atoms with Crippen molar-refractivity contribution >= 4 is 34.8 Å². The maximum atomic E-state index is 12.1. The van der Waals surface area contributed by atoms with Crippen molar-refractivity contribution in [3.8, 4) is 0 Å². The van der Waals surface area contributed by atoms with E-state index in [0.717, 1.165) is 11.3 Å². The minimum Gasteiger partial charge on any atom is -0.384 e. The molecule has 5 heteroatoms. The molecule has 0 atom stereocenters. The Balaban J connectivity index is 1.79. The van der Waals surface area contributed by atoms with E-state index in [1.54, 1.807) is 23.1 Å². The van der Waals surface area contributed by atoms with Gasteiger partial charge in [0.2, 0.25) is 5.91 Å². The first-order valence-corrected chi connectivity index (χ1v) is 7.78. The molecule has 3 nitrogen and oxygen atoms in total. The van der Waals surface area contributed by atoms with Gasteiger partial charge in [0, 0.05) is 42.3 Å². The first-order valence-electron chi connectivity index (χ1n) is 7.02. The number of carbonyl (C=O) groups excluding carboxylic acids is 1. The van der Waals surface area contributed by atoms with Gasteiger partial charge in [-0.15, -0.1) is 0 Å². The zero-order valence-electron chi connectivity index (χ0n) is 12.4. The van der Waals surface area contributed by atoms with Gasteiger partial charge < -0.3 is 10.2 Å². The second-order valence-electron chi connectivity index (χ2n) is 5.07. The van der Waals surface area contributed by atoms with Gasteiger partial charge in [0.05, 0.1) is 0 Å². The molecule has 0 saturated heterocycles. The molecule has 0 unspecified atom stereocenters. The zero-order chi connectivity index (χ0) is 15.9. The molecular formula is C17H18Cl2N2O. The Morgan fingerprint density at radius 1 is 1.09 bits per heavy atom. The predicted molar refractivity (Wildman–Crippen MR) is 92.5 cm³/mol. The van der Waals surface area contributed by atoms with Crippen molar-refractivity contribution in [1.29, 1.82) is 0 Å². The first-order chi connectivity index (χ1) is 10.5. The number of halogens is 2. The normalized spacial score (nSPS) is 10.3. The van der Waals surface area contributed by atoms with Crippen molar-refractivity contribution in [3.05, 3.63) is 64.1 Å². The van der Waals surface area contributed by atoms with Crippen LogP contribution in [0.5, 0.6) is 0 Å². The fraction of sp³-hybridized carbons (Fsp3) is 0.235. The number of anilines is 1. The van der Waals surface area contributed by atoms with Crippen LogP contribution in [0.1, 0.15) is 12.0 Å². The Hall–Kier alpha value is -1.71. The van der Waals surface area contributed by atoms with E-state index in [0.29, 0.717) is 29.6 Å². The van der Waals surface area contributed by atoms with Crippen molar-refractivity contribution in [2.24, 2.45) is 0 Å². The third kappa shape index (κ3) is 5.24. The zero-order valence-corrected chi connectivity index (χ0v) is 13.9. The molecule has 0 aliphatic carbocycles. The molecule has 0 aliphatic heterocycles. The van der Waals surface area contributed by atoms with Crippen LogP contribution in [0.4, 0.5) is 5.69 Å². The summed E-state index contributed by atoms with van der Waals surface area (Å²) in [7, 11) is 1.81. The number of amides is 1. The summed E-state index contributed by atoms with van der Waals surface area (Å²) in [5.41, 5.74) is 1.93. The van der Waals surface area contributed by atoms with Gasteiger partial charge in [-0.3, -0.25) is 4.79 Å². The molecule has 0 heterocycles. The molecule has 0 saturated carbocycles. The minimum absolute atomic E-state index is 0.0875. The summed E-state index contributed by atoms with van der Waals surface area (Å²) in [6.45, 7) is 1.15. The van der Waals surface area contributed by atoms with Crippen LogP contribution in [-0.4, -0.2) is 24.4 Å². The highest BCUT2D eigenvalue weighted by molar-refractivity contribution is 6.35. The van der Waals surface area contributed by atoms with Gasteiger partial charge in [-0.1, -0.05) is 53.5 Å². The average Bonchev–Trinajstić information content (AvgIpc) is 2.47. The lowest BCUT2D eigenvalue weighted by Gasteiger charge is -2.17. The molecule has 0 spiro atoms. The molecule has 22 heavy (non-hydrogen) atoms. The van der Waals surface area contributed by atoms with E-state index >= 15 is 0 Å². The van der Waals surface area contributed by atoms with Crippen LogP contribution in [0.25, 0.3) is 0 Å². The van der Waals surface area contributed by atoms with Gasteiger partial charge in [-0.2, -0.15) is 0 Å². The van der Waals surface area contributed by atoms with Crippen molar-refractivity contribution in [2.45, 2.75) is 13.0 Å². The summed E-state index contributed by atoms with van der Waals surface area (Å²) in [4.78, 5) is 13.8. The molecule has 0 aliphatic rings. The van der Waals surface area contributed by atoms with Gasteiger partial charge in [-0.25, -0.2) is 0 Å². The minimum atomic E-state index is 0.0875. The Kier molecular flexibility index (Phi) is 6.10.